The van der Waals surface area contributed by atoms with Gasteiger partial charge >= 0.3 is 5.97 Å². The van der Waals surface area contributed by atoms with Crippen molar-refractivity contribution in [2.75, 3.05) is 6.61 Å². The Hall–Kier alpha value is -0.720. The van der Waals surface area contributed by atoms with Crippen LogP contribution in [0.25, 0.3) is 0 Å². The van der Waals surface area contributed by atoms with Gasteiger partial charge in [0.2, 0.25) is 0 Å². The van der Waals surface area contributed by atoms with Crippen LogP contribution < -0.4 is 0 Å². The molecule has 1 heterocycles. The lowest BCUT2D eigenvalue weighted by Crippen LogP contribution is -2.09. The summed E-state index contributed by atoms with van der Waals surface area (Å²) >= 11 is 1.85. The first-order chi connectivity index (χ1) is 6.63. The molecule has 5 heteroatoms. The number of esters is 1. The van der Waals surface area contributed by atoms with E-state index in [4.69, 9.17) is 4.74 Å². The Bertz CT molecular complexity index is 344. The topological polar surface area (TPSA) is 39.2 Å². The molecule has 0 fully saturated rings. The molecule has 0 amide bonds. The molecule has 0 saturated carbocycles. The summed E-state index contributed by atoms with van der Waals surface area (Å²) in [6.07, 6.45) is 1.19. The van der Waals surface area contributed by atoms with Crippen LogP contribution in [0.1, 0.15) is 12.6 Å². The summed E-state index contributed by atoms with van der Waals surface area (Å²) in [5.41, 5.74) is 0.522. The van der Waals surface area contributed by atoms with Gasteiger partial charge in [-0.25, -0.2) is 4.39 Å². The number of aromatic nitrogens is 1. The molecule has 1 aromatic rings. The number of ether oxygens (including phenoxy) is 1. The minimum Gasteiger partial charge on any atom is -0.466 e. The molecule has 3 nitrogen and oxygen atoms in total. The SMILES string of the molecule is CCOC(=O)Cc1cc(I)c(F)cn1. The molecule has 0 aliphatic rings. The molecule has 0 aromatic carbocycles. The molecule has 0 spiro atoms. The van der Waals surface area contributed by atoms with Gasteiger partial charge in [-0.05, 0) is 35.6 Å². The molecule has 0 saturated heterocycles. The summed E-state index contributed by atoms with van der Waals surface area (Å²) in [6.45, 7) is 2.08. The molecular weight excluding hydrogens is 300 g/mol. The molecule has 0 bridgehead atoms. The van der Waals surface area contributed by atoms with Crippen molar-refractivity contribution in [1.29, 1.82) is 0 Å². The highest BCUT2D eigenvalue weighted by molar-refractivity contribution is 14.1. The molecular formula is C9H9FINO2. The van der Waals surface area contributed by atoms with Crippen molar-refractivity contribution in [1.82, 2.24) is 4.98 Å². The normalized spacial score (nSPS) is 9.93. The summed E-state index contributed by atoms with van der Waals surface area (Å²) < 4.78 is 18.0. The standard InChI is InChI=1S/C9H9FINO2/c1-2-14-9(13)4-6-3-8(11)7(10)5-12-6/h3,5H,2,4H2,1H3. The third-order valence-electron chi connectivity index (χ3n) is 1.50. The third kappa shape index (κ3) is 3.21. The molecule has 14 heavy (non-hydrogen) atoms. The van der Waals surface area contributed by atoms with Crippen LogP contribution in [0.4, 0.5) is 4.39 Å². The van der Waals surface area contributed by atoms with Crippen LogP contribution in [0, 0.1) is 9.39 Å². The molecule has 1 aromatic heterocycles. The van der Waals surface area contributed by atoms with E-state index in [0.29, 0.717) is 15.9 Å². The van der Waals surface area contributed by atoms with E-state index in [2.05, 4.69) is 4.98 Å². The molecule has 0 radical (unpaired) electrons. The minimum absolute atomic E-state index is 0.0874. The van der Waals surface area contributed by atoms with Gasteiger partial charge in [-0.1, -0.05) is 0 Å². The number of pyridine rings is 1. The Morgan fingerprint density at radius 3 is 3.00 bits per heavy atom. The molecule has 0 aliphatic heterocycles. The van der Waals surface area contributed by atoms with Gasteiger partial charge in [0.15, 0.2) is 5.82 Å². The zero-order valence-electron chi connectivity index (χ0n) is 7.59. The van der Waals surface area contributed by atoms with Gasteiger partial charge in [0.05, 0.1) is 28.5 Å². The molecule has 0 aliphatic carbocycles. The van der Waals surface area contributed by atoms with Crippen LogP contribution in [-0.4, -0.2) is 17.6 Å². The van der Waals surface area contributed by atoms with E-state index in [1.165, 1.54) is 6.07 Å². The first kappa shape index (κ1) is 11.4. The van der Waals surface area contributed by atoms with Gasteiger partial charge in [0.25, 0.3) is 0 Å². The van der Waals surface area contributed by atoms with Crippen molar-refractivity contribution >= 4 is 28.6 Å². The second kappa shape index (κ2) is 5.23. The predicted molar refractivity (Wildman–Crippen MR) is 57.2 cm³/mol. The Balaban J connectivity index is 2.68. The molecule has 0 N–H and O–H groups in total. The quantitative estimate of drug-likeness (QED) is 0.633. The number of carbonyl (C=O) groups is 1. The van der Waals surface area contributed by atoms with Gasteiger partial charge in [0, 0.05) is 0 Å². The summed E-state index contributed by atoms with van der Waals surface area (Å²) in [6, 6.07) is 1.53. The molecule has 1 rings (SSSR count). The predicted octanol–water partition coefficient (Wildman–Crippen LogP) is 1.93. The second-order valence-corrected chi connectivity index (χ2v) is 3.73. The fourth-order valence-corrected chi connectivity index (χ4v) is 1.41. The summed E-state index contributed by atoms with van der Waals surface area (Å²) in [5.74, 6) is -0.722. The highest BCUT2D eigenvalue weighted by atomic mass is 127. The van der Waals surface area contributed by atoms with E-state index < -0.39 is 0 Å². The largest absolute Gasteiger partial charge is 0.466 e. The van der Waals surface area contributed by atoms with Crippen molar-refractivity contribution in [2.24, 2.45) is 0 Å². The lowest BCUT2D eigenvalue weighted by atomic mass is 10.3. The minimum atomic E-state index is -0.377. The summed E-state index contributed by atoms with van der Waals surface area (Å²) in [4.78, 5) is 14.8. The van der Waals surface area contributed by atoms with Gasteiger partial charge in [0.1, 0.15) is 0 Å². The van der Waals surface area contributed by atoms with Crippen LogP contribution >= 0.6 is 22.6 Å². The highest BCUT2D eigenvalue weighted by Gasteiger charge is 2.07. The maximum Gasteiger partial charge on any atom is 0.311 e. The van der Waals surface area contributed by atoms with Crippen molar-refractivity contribution in [3.8, 4) is 0 Å². The smallest absolute Gasteiger partial charge is 0.311 e. The van der Waals surface area contributed by atoms with Crippen LogP contribution in [0.2, 0.25) is 0 Å². The van der Waals surface area contributed by atoms with Gasteiger partial charge in [-0.2, -0.15) is 0 Å². The first-order valence-corrected chi connectivity index (χ1v) is 5.17. The van der Waals surface area contributed by atoms with E-state index in [9.17, 15) is 9.18 Å². The van der Waals surface area contributed by atoms with Crippen molar-refractivity contribution in [2.45, 2.75) is 13.3 Å². The van der Waals surface area contributed by atoms with E-state index >= 15 is 0 Å². The van der Waals surface area contributed by atoms with E-state index in [1.807, 2.05) is 22.6 Å². The fraction of sp³-hybridized carbons (Fsp3) is 0.333. The van der Waals surface area contributed by atoms with Crippen LogP contribution in [0.3, 0.4) is 0 Å². The zero-order valence-corrected chi connectivity index (χ0v) is 9.75. The Morgan fingerprint density at radius 1 is 1.71 bits per heavy atom. The summed E-state index contributed by atoms with van der Waals surface area (Å²) in [7, 11) is 0. The van der Waals surface area contributed by atoms with Crippen molar-refractivity contribution in [3.63, 3.8) is 0 Å². The van der Waals surface area contributed by atoms with Crippen molar-refractivity contribution in [3.05, 3.63) is 27.3 Å². The van der Waals surface area contributed by atoms with Crippen LogP contribution in [-0.2, 0) is 16.0 Å². The molecule has 76 valence electrons. The number of hydrogen-bond acceptors (Lipinski definition) is 3. The van der Waals surface area contributed by atoms with Gasteiger partial charge in [-0.3, -0.25) is 9.78 Å². The number of halogens is 2. The molecule has 0 atom stereocenters. The first-order valence-electron chi connectivity index (χ1n) is 4.09. The van der Waals surface area contributed by atoms with E-state index in [1.54, 1.807) is 6.92 Å². The maximum atomic E-state index is 12.8. The monoisotopic (exact) mass is 309 g/mol. The summed E-state index contributed by atoms with van der Waals surface area (Å²) in [5, 5.41) is 0. The van der Waals surface area contributed by atoms with Crippen LogP contribution in [0.5, 0.6) is 0 Å². The van der Waals surface area contributed by atoms with Crippen molar-refractivity contribution < 1.29 is 13.9 Å². The average molecular weight is 309 g/mol. The second-order valence-electron chi connectivity index (χ2n) is 2.57. The van der Waals surface area contributed by atoms with E-state index in [0.717, 1.165) is 6.20 Å². The fourth-order valence-electron chi connectivity index (χ4n) is 0.910. The number of nitrogens with zero attached hydrogens (tertiary/aromatic N) is 1. The Kier molecular flexibility index (Phi) is 4.24. The van der Waals surface area contributed by atoms with Crippen LogP contribution in [0.15, 0.2) is 12.3 Å². The zero-order chi connectivity index (χ0) is 10.6. The lowest BCUT2D eigenvalue weighted by molar-refractivity contribution is -0.142. The lowest BCUT2D eigenvalue weighted by Gasteiger charge is -2.01. The average Bonchev–Trinajstić information content (AvgIpc) is 2.12. The molecule has 0 unspecified atom stereocenters. The number of hydrogen-bond donors (Lipinski definition) is 0. The maximum absolute atomic E-state index is 12.8. The van der Waals surface area contributed by atoms with Gasteiger partial charge in [-0.15, -0.1) is 0 Å². The Morgan fingerprint density at radius 2 is 2.43 bits per heavy atom. The number of rotatable bonds is 3. The third-order valence-corrected chi connectivity index (χ3v) is 2.32. The van der Waals surface area contributed by atoms with Gasteiger partial charge < -0.3 is 4.74 Å². The number of carbonyl (C=O) groups excluding carboxylic acids is 1. The Labute approximate surface area is 94.8 Å². The van der Waals surface area contributed by atoms with E-state index in [-0.39, 0.29) is 18.2 Å². The highest BCUT2D eigenvalue weighted by Crippen LogP contribution is 2.10.